The van der Waals surface area contributed by atoms with Crippen LogP contribution in [0.25, 0.3) is 11.0 Å². The predicted molar refractivity (Wildman–Crippen MR) is 77.8 cm³/mol. The number of halogens is 1. The van der Waals surface area contributed by atoms with E-state index in [0.717, 1.165) is 27.3 Å². The molecule has 0 amide bonds. The fraction of sp³-hybridized carbons (Fsp3) is 0.214. The van der Waals surface area contributed by atoms with E-state index in [4.69, 9.17) is 4.42 Å². The standard InChI is InChI=1S/C14H14BrN3O/c1-9(12-6-7-13(15)19-12)16-8-14-17-10-4-2-3-5-11(10)18-14/h2-7,9,16H,8H2,1H3,(H,17,18). The number of benzene rings is 1. The van der Waals surface area contributed by atoms with Gasteiger partial charge in [-0.05, 0) is 47.1 Å². The highest BCUT2D eigenvalue weighted by molar-refractivity contribution is 9.10. The largest absolute Gasteiger partial charge is 0.453 e. The molecule has 0 radical (unpaired) electrons. The van der Waals surface area contributed by atoms with Crippen LogP contribution in [-0.4, -0.2) is 9.97 Å². The molecule has 1 unspecified atom stereocenters. The Labute approximate surface area is 119 Å². The lowest BCUT2D eigenvalue weighted by molar-refractivity contribution is 0.415. The van der Waals surface area contributed by atoms with Crippen molar-refractivity contribution in [3.63, 3.8) is 0 Å². The van der Waals surface area contributed by atoms with Crippen LogP contribution < -0.4 is 5.32 Å². The van der Waals surface area contributed by atoms with Crippen molar-refractivity contribution >= 4 is 27.0 Å². The number of aromatic nitrogens is 2. The number of imidazole rings is 1. The van der Waals surface area contributed by atoms with Gasteiger partial charge >= 0.3 is 0 Å². The van der Waals surface area contributed by atoms with Gasteiger partial charge in [-0.1, -0.05) is 12.1 Å². The van der Waals surface area contributed by atoms with Gasteiger partial charge in [0, 0.05) is 0 Å². The zero-order valence-electron chi connectivity index (χ0n) is 10.5. The molecular weight excluding hydrogens is 306 g/mol. The van der Waals surface area contributed by atoms with Gasteiger partial charge in [0.1, 0.15) is 11.6 Å². The van der Waals surface area contributed by atoms with Crippen molar-refractivity contribution in [1.29, 1.82) is 0 Å². The molecule has 2 N–H and O–H groups in total. The lowest BCUT2D eigenvalue weighted by Crippen LogP contribution is -2.18. The highest BCUT2D eigenvalue weighted by Gasteiger charge is 2.10. The number of rotatable bonds is 4. The average Bonchev–Trinajstić information content (AvgIpc) is 3.01. The number of fused-ring (bicyclic) bond motifs is 1. The molecule has 4 nitrogen and oxygen atoms in total. The molecule has 3 rings (SSSR count). The maximum atomic E-state index is 5.52. The molecule has 0 aliphatic carbocycles. The summed E-state index contributed by atoms with van der Waals surface area (Å²) >= 11 is 3.31. The summed E-state index contributed by atoms with van der Waals surface area (Å²) in [6.45, 7) is 2.74. The minimum Gasteiger partial charge on any atom is -0.453 e. The number of hydrogen-bond donors (Lipinski definition) is 2. The van der Waals surface area contributed by atoms with Gasteiger partial charge in [-0.2, -0.15) is 0 Å². The highest BCUT2D eigenvalue weighted by atomic mass is 79.9. The zero-order valence-corrected chi connectivity index (χ0v) is 12.1. The molecule has 0 aliphatic rings. The van der Waals surface area contributed by atoms with Crippen LogP contribution in [0.4, 0.5) is 0 Å². The lowest BCUT2D eigenvalue weighted by atomic mass is 10.2. The van der Waals surface area contributed by atoms with E-state index in [0.29, 0.717) is 6.54 Å². The van der Waals surface area contributed by atoms with Gasteiger partial charge in [-0.15, -0.1) is 0 Å². The van der Waals surface area contributed by atoms with Gasteiger partial charge in [0.15, 0.2) is 4.67 Å². The number of furan rings is 1. The van der Waals surface area contributed by atoms with E-state index in [1.807, 2.05) is 36.4 Å². The summed E-state index contributed by atoms with van der Waals surface area (Å²) in [6, 6.07) is 12.0. The van der Waals surface area contributed by atoms with Crippen LogP contribution in [0, 0.1) is 0 Å². The van der Waals surface area contributed by atoms with Gasteiger partial charge in [-0.25, -0.2) is 4.98 Å². The highest BCUT2D eigenvalue weighted by Crippen LogP contribution is 2.20. The second kappa shape index (κ2) is 5.19. The zero-order chi connectivity index (χ0) is 13.2. The smallest absolute Gasteiger partial charge is 0.169 e. The first-order valence-corrected chi connectivity index (χ1v) is 6.94. The monoisotopic (exact) mass is 319 g/mol. The first kappa shape index (κ1) is 12.4. The fourth-order valence-electron chi connectivity index (χ4n) is 2.00. The van der Waals surface area contributed by atoms with E-state index in [-0.39, 0.29) is 6.04 Å². The Morgan fingerprint density at radius 3 is 2.89 bits per heavy atom. The Hall–Kier alpha value is -1.59. The van der Waals surface area contributed by atoms with Crippen molar-refractivity contribution in [1.82, 2.24) is 15.3 Å². The summed E-state index contributed by atoms with van der Waals surface area (Å²) in [5.74, 6) is 1.83. The van der Waals surface area contributed by atoms with E-state index < -0.39 is 0 Å². The summed E-state index contributed by atoms with van der Waals surface area (Å²) in [5, 5.41) is 3.38. The molecule has 0 bridgehead atoms. The molecule has 0 saturated heterocycles. The van der Waals surface area contributed by atoms with Gasteiger partial charge in [0.2, 0.25) is 0 Å². The van der Waals surface area contributed by atoms with Gasteiger partial charge in [-0.3, -0.25) is 0 Å². The lowest BCUT2D eigenvalue weighted by Gasteiger charge is -2.09. The Morgan fingerprint density at radius 2 is 2.16 bits per heavy atom. The van der Waals surface area contributed by atoms with E-state index in [2.05, 4.69) is 38.1 Å². The number of nitrogens with zero attached hydrogens (tertiary/aromatic N) is 1. The Balaban J connectivity index is 1.68. The van der Waals surface area contributed by atoms with E-state index in [1.165, 1.54) is 0 Å². The van der Waals surface area contributed by atoms with Crippen molar-refractivity contribution < 1.29 is 4.42 Å². The minimum absolute atomic E-state index is 0.138. The molecule has 0 saturated carbocycles. The first-order valence-electron chi connectivity index (χ1n) is 6.14. The number of aromatic amines is 1. The topological polar surface area (TPSA) is 53.9 Å². The second-order valence-electron chi connectivity index (χ2n) is 4.45. The Bertz CT molecular complexity index is 656. The summed E-state index contributed by atoms with van der Waals surface area (Å²) in [7, 11) is 0. The summed E-state index contributed by atoms with van der Waals surface area (Å²) in [4.78, 5) is 7.82. The fourth-order valence-corrected chi connectivity index (χ4v) is 2.32. The molecule has 0 spiro atoms. The van der Waals surface area contributed by atoms with Crippen molar-refractivity contribution in [2.45, 2.75) is 19.5 Å². The number of H-pyrrole nitrogens is 1. The van der Waals surface area contributed by atoms with E-state index in [9.17, 15) is 0 Å². The third-order valence-electron chi connectivity index (χ3n) is 3.03. The molecule has 2 aromatic heterocycles. The normalized spacial score (nSPS) is 12.9. The summed E-state index contributed by atoms with van der Waals surface area (Å²) < 4.78 is 6.27. The second-order valence-corrected chi connectivity index (χ2v) is 5.23. The van der Waals surface area contributed by atoms with Crippen molar-refractivity contribution in [2.24, 2.45) is 0 Å². The third-order valence-corrected chi connectivity index (χ3v) is 3.46. The van der Waals surface area contributed by atoms with Crippen LogP contribution in [0.5, 0.6) is 0 Å². The minimum atomic E-state index is 0.138. The molecule has 5 heteroatoms. The molecule has 98 valence electrons. The third kappa shape index (κ3) is 2.72. The number of hydrogen-bond acceptors (Lipinski definition) is 3. The molecular formula is C14H14BrN3O. The Morgan fingerprint density at radius 1 is 1.32 bits per heavy atom. The molecule has 1 aromatic carbocycles. The van der Waals surface area contributed by atoms with Crippen LogP contribution in [0.2, 0.25) is 0 Å². The quantitative estimate of drug-likeness (QED) is 0.769. The molecule has 3 aromatic rings. The predicted octanol–water partition coefficient (Wildman–Crippen LogP) is 3.77. The molecule has 1 atom stereocenters. The number of para-hydroxylation sites is 2. The van der Waals surface area contributed by atoms with Crippen LogP contribution in [0.15, 0.2) is 45.5 Å². The summed E-state index contributed by atoms with van der Waals surface area (Å²) in [5.41, 5.74) is 2.06. The molecule has 0 aliphatic heterocycles. The van der Waals surface area contributed by atoms with Crippen molar-refractivity contribution in [3.8, 4) is 0 Å². The van der Waals surface area contributed by atoms with E-state index in [1.54, 1.807) is 0 Å². The SMILES string of the molecule is CC(NCc1nc2ccccc2[nH]1)c1ccc(Br)o1. The van der Waals surface area contributed by atoms with Crippen LogP contribution in [-0.2, 0) is 6.54 Å². The number of nitrogens with one attached hydrogen (secondary N) is 2. The Kier molecular flexibility index (Phi) is 3.40. The van der Waals surface area contributed by atoms with Crippen molar-refractivity contribution in [3.05, 3.63) is 52.7 Å². The van der Waals surface area contributed by atoms with Crippen LogP contribution in [0.1, 0.15) is 24.6 Å². The molecule has 2 heterocycles. The molecule has 19 heavy (non-hydrogen) atoms. The van der Waals surface area contributed by atoms with E-state index >= 15 is 0 Å². The van der Waals surface area contributed by atoms with Gasteiger partial charge in [0.05, 0.1) is 23.6 Å². The molecule has 0 fully saturated rings. The van der Waals surface area contributed by atoms with Crippen LogP contribution in [0.3, 0.4) is 0 Å². The maximum absolute atomic E-state index is 5.52. The first-order chi connectivity index (χ1) is 9.22. The van der Waals surface area contributed by atoms with Crippen LogP contribution >= 0.6 is 15.9 Å². The van der Waals surface area contributed by atoms with Gasteiger partial charge < -0.3 is 14.7 Å². The average molecular weight is 320 g/mol. The van der Waals surface area contributed by atoms with Gasteiger partial charge in [0.25, 0.3) is 0 Å². The maximum Gasteiger partial charge on any atom is 0.169 e. The van der Waals surface area contributed by atoms with Crippen molar-refractivity contribution in [2.75, 3.05) is 0 Å². The summed E-state index contributed by atoms with van der Waals surface area (Å²) in [6.07, 6.45) is 0.